The number of oxazole rings is 1. The molecule has 0 aliphatic rings. The first kappa shape index (κ1) is 14.5. The first-order valence-electron chi connectivity index (χ1n) is 6.25. The standard InChI is InChI=1S/C13H22N2O3/c1-10-15-9-11(17-10)7-5-6-8-14-12(16)18-13(2,3)4/h9H,5-8H2,1-4H3,(H,14,16). The molecule has 1 rings (SSSR count). The average molecular weight is 254 g/mol. The summed E-state index contributed by atoms with van der Waals surface area (Å²) >= 11 is 0. The van der Waals surface area contributed by atoms with Crippen LogP contribution in [0.5, 0.6) is 0 Å². The van der Waals surface area contributed by atoms with Gasteiger partial charge in [0, 0.05) is 19.9 Å². The van der Waals surface area contributed by atoms with Gasteiger partial charge in [0.25, 0.3) is 0 Å². The molecule has 1 aromatic rings. The van der Waals surface area contributed by atoms with Crippen LogP contribution in [0.4, 0.5) is 4.79 Å². The van der Waals surface area contributed by atoms with E-state index in [2.05, 4.69) is 10.3 Å². The van der Waals surface area contributed by atoms with Crippen molar-refractivity contribution < 1.29 is 13.9 Å². The number of hydrogen-bond acceptors (Lipinski definition) is 4. The second-order valence-corrected chi connectivity index (χ2v) is 5.23. The number of aromatic nitrogens is 1. The van der Waals surface area contributed by atoms with E-state index < -0.39 is 5.60 Å². The molecule has 0 bridgehead atoms. The highest BCUT2D eigenvalue weighted by Gasteiger charge is 2.15. The number of carbonyl (C=O) groups is 1. The zero-order valence-corrected chi connectivity index (χ0v) is 11.6. The zero-order chi connectivity index (χ0) is 13.6. The van der Waals surface area contributed by atoms with E-state index in [1.807, 2.05) is 27.7 Å². The number of rotatable bonds is 5. The van der Waals surface area contributed by atoms with Crippen LogP contribution in [-0.2, 0) is 11.2 Å². The van der Waals surface area contributed by atoms with Crippen molar-refractivity contribution in [3.8, 4) is 0 Å². The maximum Gasteiger partial charge on any atom is 0.407 e. The molecule has 102 valence electrons. The number of aryl methyl sites for hydroxylation is 2. The van der Waals surface area contributed by atoms with Crippen LogP contribution in [0.25, 0.3) is 0 Å². The Bertz CT molecular complexity index is 380. The molecule has 0 saturated carbocycles. The molecule has 1 aromatic heterocycles. The van der Waals surface area contributed by atoms with Crippen LogP contribution in [0.3, 0.4) is 0 Å². The highest BCUT2D eigenvalue weighted by atomic mass is 16.6. The molecule has 0 spiro atoms. The molecule has 0 saturated heterocycles. The number of hydrogen-bond donors (Lipinski definition) is 1. The molecule has 0 fully saturated rings. The molecule has 0 radical (unpaired) electrons. The van der Waals surface area contributed by atoms with Crippen LogP contribution in [0.2, 0.25) is 0 Å². The largest absolute Gasteiger partial charge is 0.446 e. The van der Waals surface area contributed by atoms with E-state index >= 15 is 0 Å². The van der Waals surface area contributed by atoms with E-state index in [1.165, 1.54) is 0 Å². The third kappa shape index (κ3) is 6.27. The lowest BCUT2D eigenvalue weighted by atomic mass is 10.2. The minimum absolute atomic E-state index is 0.363. The SMILES string of the molecule is Cc1ncc(CCCCNC(=O)OC(C)(C)C)o1. The van der Waals surface area contributed by atoms with Crippen LogP contribution in [-0.4, -0.2) is 23.2 Å². The Labute approximate surface area is 108 Å². The maximum absolute atomic E-state index is 11.3. The van der Waals surface area contributed by atoms with Gasteiger partial charge in [0.15, 0.2) is 5.89 Å². The summed E-state index contributed by atoms with van der Waals surface area (Å²) in [7, 11) is 0. The summed E-state index contributed by atoms with van der Waals surface area (Å²) in [6.45, 7) is 7.98. The summed E-state index contributed by atoms with van der Waals surface area (Å²) in [6.07, 6.45) is 4.06. The molecule has 0 aromatic carbocycles. The lowest BCUT2D eigenvalue weighted by Crippen LogP contribution is -2.33. The monoisotopic (exact) mass is 254 g/mol. The highest BCUT2D eigenvalue weighted by molar-refractivity contribution is 5.67. The molecule has 0 atom stereocenters. The van der Waals surface area contributed by atoms with Crippen LogP contribution in [0.15, 0.2) is 10.6 Å². The van der Waals surface area contributed by atoms with Crippen molar-refractivity contribution in [2.75, 3.05) is 6.54 Å². The molecule has 1 amide bonds. The summed E-state index contributed by atoms with van der Waals surface area (Å²) in [5, 5.41) is 2.72. The lowest BCUT2D eigenvalue weighted by Gasteiger charge is -2.19. The van der Waals surface area contributed by atoms with Crippen molar-refractivity contribution in [1.29, 1.82) is 0 Å². The number of unbranched alkanes of at least 4 members (excludes halogenated alkanes) is 1. The molecule has 5 heteroatoms. The number of alkyl carbamates (subject to hydrolysis) is 1. The van der Waals surface area contributed by atoms with E-state index in [9.17, 15) is 4.79 Å². The fraction of sp³-hybridized carbons (Fsp3) is 0.692. The van der Waals surface area contributed by atoms with E-state index in [1.54, 1.807) is 6.20 Å². The Kier molecular flexibility index (Phi) is 5.19. The van der Waals surface area contributed by atoms with Crippen LogP contribution in [0, 0.1) is 6.92 Å². The molecular formula is C13H22N2O3. The van der Waals surface area contributed by atoms with Crippen molar-refractivity contribution in [2.45, 2.75) is 52.6 Å². The predicted molar refractivity (Wildman–Crippen MR) is 68.4 cm³/mol. The van der Waals surface area contributed by atoms with Gasteiger partial charge in [0.05, 0.1) is 6.20 Å². The van der Waals surface area contributed by atoms with E-state index in [-0.39, 0.29) is 6.09 Å². The number of nitrogens with zero attached hydrogens (tertiary/aromatic N) is 1. The van der Waals surface area contributed by atoms with Gasteiger partial charge in [0.1, 0.15) is 11.4 Å². The zero-order valence-electron chi connectivity index (χ0n) is 11.6. The molecular weight excluding hydrogens is 232 g/mol. The van der Waals surface area contributed by atoms with Crippen LogP contribution < -0.4 is 5.32 Å². The molecule has 0 aliphatic carbocycles. The summed E-state index contributed by atoms with van der Waals surface area (Å²) < 4.78 is 10.5. The third-order valence-electron chi connectivity index (χ3n) is 2.19. The number of carbonyl (C=O) groups excluding carboxylic acids is 1. The first-order chi connectivity index (χ1) is 8.37. The fourth-order valence-corrected chi connectivity index (χ4v) is 1.45. The van der Waals surface area contributed by atoms with Gasteiger partial charge in [-0.1, -0.05) is 0 Å². The molecule has 18 heavy (non-hydrogen) atoms. The molecule has 1 heterocycles. The van der Waals surface area contributed by atoms with Crippen molar-refractivity contribution in [3.63, 3.8) is 0 Å². The van der Waals surface area contributed by atoms with Gasteiger partial charge < -0.3 is 14.5 Å². The van der Waals surface area contributed by atoms with Gasteiger partial charge in [0.2, 0.25) is 0 Å². The van der Waals surface area contributed by atoms with Gasteiger partial charge in [-0.25, -0.2) is 9.78 Å². The smallest absolute Gasteiger partial charge is 0.407 e. The van der Waals surface area contributed by atoms with Gasteiger partial charge in [-0.15, -0.1) is 0 Å². The second kappa shape index (κ2) is 6.42. The van der Waals surface area contributed by atoms with Gasteiger partial charge >= 0.3 is 6.09 Å². The van der Waals surface area contributed by atoms with Gasteiger partial charge in [-0.2, -0.15) is 0 Å². The topological polar surface area (TPSA) is 64.4 Å². The Morgan fingerprint density at radius 2 is 2.17 bits per heavy atom. The Hall–Kier alpha value is -1.52. The predicted octanol–water partition coefficient (Wildman–Crippen LogP) is 2.83. The molecule has 0 aliphatic heterocycles. The highest BCUT2D eigenvalue weighted by Crippen LogP contribution is 2.07. The normalized spacial score (nSPS) is 11.3. The fourth-order valence-electron chi connectivity index (χ4n) is 1.45. The van der Waals surface area contributed by atoms with E-state index in [0.29, 0.717) is 12.4 Å². The molecule has 0 unspecified atom stereocenters. The van der Waals surface area contributed by atoms with Crippen molar-refractivity contribution in [2.24, 2.45) is 0 Å². The number of ether oxygens (including phenoxy) is 1. The Balaban J connectivity index is 2.07. The van der Waals surface area contributed by atoms with Gasteiger partial charge in [-0.3, -0.25) is 0 Å². The first-order valence-corrected chi connectivity index (χ1v) is 6.25. The quantitative estimate of drug-likeness (QED) is 0.821. The molecule has 1 N–H and O–H groups in total. The van der Waals surface area contributed by atoms with E-state index in [0.717, 1.165) is 25.0 Å². The van der Waals surface area contributed by atoms with Gasteiger partial charge in [-0.05, 0) is 33.6 Å². The van der Waals surface area contributed by atoms with Crippen molar-refractivity contribution >= 4 is 6.09 Å². The summed E-state index contributed by atoms with van der Waals surface area (Å²) in [5.41, 5.74) is -0.443. The van der Waals surface area contributed by atoms with Crippen molar-refractivity contribution in [3.05, 3.63) is 17.8 Å². The summed E-state index contributed by atoms with van der Waals surface area (Å²) in [5.74, 6) is 1.58. The second-order valence-electron chi connectivity index (χ2n) is 5.23. The number of nitrogens with one attached hydrogen (secondary N) is 1. The maximum atomic E-state index is 11.3. The average Bonchev–Trinajstić information content (AvgIpc) is 2.61. The minimum Gasteiger partial charge on any atom is -0.446 e. The lowest BCUT2D eigenvalue weighted by molar-refractivity contribution is 0.0527. The summed E-state index contributed by atoms with van der Waals surface area (Å²) in [6, 6.07) is 0. The van der Waals surface area contributed by atoms with E-state index in [4.69, 9.17) is 9.15 Å². The van der Waals surface area contributed by atoms with Crippen molar-refractivity contribution in [1.82, 2.24) is 10.3 Å². The third-order valence-corrected chi connectivity index (χ3v) is 2.19. The Morgan fingerprint density at radius 3 is 2.72 bits per heavy atom. The number of amides is 1. The van der Waals surface area contributed by atoms with Crippen LogP contribution in [0.1, 0.15) is 45.3 Å². The molecule has 5 nitrogen and oxygen atoms in total. The minimum atomic E-state index is -0.443. The Morgan fingerprint density at radius 1 is 1.44 bits per heavy atom. The summed E-state index contributed by atoms with van der Waals surface area (Å²) in [4.78, 5) is 15.4. The van der Waals surface area contributed by atoms with Crippen LogP contribution >= 0.6 is 0 Å².